The number of aromatic nitrogens is 2. The number of aryl methyl sites for hydroxylation is 2. The van der Waals surface area contributed by atoms with Gasteiger partial charge in [-0.2, -0.15) is 0 Å². The molecule has 1 aromatic heterocycles. The number of H-pyrrole nitrogens is 1. The van der Waals surface area contributed by atoms with E-state index in [9.17, 15) is 14.4 Å². The summed E-state index contributed by atoms with van der Waals surface area (Å²) >= 11 is 0. The highest BCUT2D eigenvalue weighted by molar-refractivity contribution is 5.96. The minimum absolute atomic E-state index is 0.129. The van der Waals surface area contributed by atoms with Gasteiger partial charge in [0.2, 0.25) is 11.8 Å². The molecule has 31 heavy (non-hydrogen) atoms. The van der Waals surface area contributed by atoms with Gasteiger partial charge in [-0.15, -0.1) is 0 Å². The Labute approximate surface area is 180 Å². The first-order chi connectivity index (χ1) is 14.8. The summed E-state index contributed by atoms with van der Waals surface area (Å²) < 4.78 is 0. The molecule has 0 unspecified atom stereocenters. The minimum atomic E-state index is -0.523. The first kappa shape index (κ1) is 22.2. The standard InChI is InChI=1S/C23H27N5O3/c1-14-8-7-9-15(2)21(14)27-20(29)12-24-22(30)16(3)28(4)13-19-25-18-11-6-5-10-17(18)23(31)26-19/h5-11,16H,12-13H2,1-4H3,(H,24,30)(H,27,29)(H,25,26,31)/t16-/m0/s1. The number of aromatic amines is 1. The van der Waals surface area contributed by atoms with Crippen LogP contribution in [-0.2, 0) is 16.1 Å². The van der Waals surface area contributed by atoms with E-state index >= 15 is 0 Å². The molecule has 3 rings (SSSR count). The summed E-state index contributed by atoms with van der Waals surface area (Å²) in [7, 11) is 1.76. The van der Waals surface area contributed by atoms with Gasteiger partial charge in [-0.25, -0.2) is 4.98 Å². The molecule has 0 spiro atoms. The lowest BCUT2D eigenvalue weighted by atomic mass is 10.1. The molecule has 2 aromatic carbocycles. The molecule has 8 nitrogen and oxygen atoms in total. The molecule has 0 fully saturated rings. The molecular formula is C23H27N5O3. The molecule has 2 amide bonds. The van der Waals surface area contributed by atoms with Gasteiger partial charge in [0.1, 0.15) is 5.82 Å². The lowest BCUT2D eigenvalue weighted by Gasteiger charge is -2.23. The zero-order valence-electron chi connectivity index (χ0n) is 18.2. The van der Waals surface area contributed by atoms with Crippen LogP contribution in [-0.4, -0.2) is 46.3 Å². The summed E-state index contributed by atoms with van der Waals surface area (Å²) in [5.41, 5.74) is 3.08. The van der Waals surface area contributed by atoms with Crippen molar-refractivity contribution in [2.45, 2.75) is 33.4 Å². The molecule has 0 saturated carbocycles. The van der Waals surface area contributed by atoms with Crippen LogP contribution in [0.5, 0.6) is 0 Å². The van der Waals surface area contributed by atoms with E-state index in [1.54, 1.807) is 37.1 Å². The molecule has 8 heteroatoms. The van der Waals surface area contributed by atoms with Crippen LogP contribution in [0.1, 0.15) is 23.9 Å². The molecule has 1 atom stereocenters. The predicted octanol–water partition coefficient (Wildman–Crippen LogP) is 2.12. The lowest BCUT2D eigenvalue weighted by molar-refractivity contribution is -0.127. The Morgan fingerprint density at radius 1 is 1.10 bits per heavy atom. The summed E-state index contributed by atoms with van der Waals surface area (Å²) in [4.78, 5) is 46.0. The largest absolute Gasteiger partial charge is 0.346 e. The van der Waals surface area contributed by atoms with Gasteiger partial charge in [-0.3, -0.25) is 19.3 Å². The number of amides is 2. The van der Waals surface area contributed by atoms with Gasteiger partial charge >= 0.3 is 0 Å². The van der Waals surface area contributed by atoms with Crippen molar-refractivity contribution < 1.29 is 9.59 Å². The molecule has 0 aliphatic carbocycles. The third-order valence-corrected chi connectivity index (χ3v) is 5.27. The maximum Gasteiger partial charge on any atom is 0.258 e. The van der Waals surface area contributed by atoms with E-state index in [1.807, 2.05) is 38.1 Å². The van der Waals surface area contributed by atoms with Crippen molar-refractivity contribution in [3.05, 3.63) is 69.8 Å². The molecule has 0 aliphatic heterocycles. The van der Waals surface area contributed by atoms with Gasteiger partial charge in [0.25, 0.3) is 5.56 Å². The van der Waals surface area contributed by atoms with Crippen LogP contribution < -0.4 is 16.2 Å². The van der Waals surface area contributed by atoms with Crippen molar-refractivity contribution in [1.29, 1.82) is 0 Å². The number of nitrogens with zero attached hydrogens (tertiary/aromatic N) is 2. The minimum Gasteiger partial charge on any atom is -0.346 e. The fraction of sp³-hybridized carbons (Fsp3) is 0.304. The monoisotopic (exact) mass is 421 g/mol. The van der Waals surface area contributed by atoms with E-state index in [0.29, 0.717) is 16.7 Å². The zero-order chi connectivity index (χ0) is 22.5. The molecule has 1 heterocycles. The van der Waals surface area contributed by atoms with Crippen LogP contribution in [0.3, 0.4) is 0 Å². The lowest BCUT2D eigenvalue weighted by Crippen LogP contribution is -2.45. The van der Waals surface area contributed by atoms with E-state index in [-0.39, 0.29) is 30.5 Å². The number of likely N-dealkylation sites (N-methyl/N-ethyl adjacent to an activating group) is 1. The maximum atomic E-state index is 12.5. The second-order valence-corrected chi connectivity index (χ2v) is 7.65. The molecule has 0 radical (unpaired) electrons. The normalized spacial score (nSPS) is 12.0. The zero-order valence-corrected chi connectivity index (χ0v) is 18.2. The number of hydrogen-bond donors (Lipinski definition) is 3. The van der Waals surface area contributed by atoms with Crippen LogP contribution in [0, 0.1) is 13.8 Å². The van der Waals surface area contributed by atoms with Crippen LogP contribution in [0.4, 0.5) is 5.69 Å². The summed E-state index contributed by atoms with van der Waals surface area (Å²) in [6.45, 7) is 5.73. The number of fused-ring (bicyclic) bond motifs is 1. The van der Waals surface area contributed by atoms with E-state index in [0.717, 1.165) is 16.8 Å². The average Bonchev–Trinajstić information content (AvgIpc) is 2.74. The smallest absolute Gasteiger partial charge is 0.258 e. The van der Waals surface area contributed by atoms with E-state index in [4.69, 9.17) is 0 Å². The van der Waals surface area contributed by atoms with Crippen molar-refractivity contribution in [2.24, 2.45) is 0 Å². The second kappa shape index (κ2) is 9.53. The molecule has 3 aromatic rings. The highest BCUT2D eigenvalue weighted by Gasteiger charge is 2.20. The predicted molar refractivity (Wildman–Crippen MR) is 121 cm³/mol. The Balaban J connectivity index is 1.57. The third kappa shape index (κ3) is 5.35. The van der Waals surface area contributed by atoms with Gasteiger partial charge in [0, 0.05) is 5.69 Å². The first-order valence-electron chi connectivity index (χ1n) is 10.1. The van der Waals surface area contributed by atoms with Gasteiger partial charge in [-0.1, -0.05) is 30.3 Å². The number of anilines is 1. The quantitative estimate of drug-likeness (QED) is 0.542. The Kier molecular flexibility index (Phi) is 6.81. The van der Waals surface area contributed by atoms with Crippen LogP contribution in [0.15, 0.2) is 47.3 Å². The Bertz CT molecular complexity index is 1150. The first-order valence-corrected chi connectivity index (χ1v) is 10.1. The van der Waals surface area contributed by atoms with Crippen molar-refractivity contribution >= 4 is 28.4 Å². The second-order valence-electron chi connectivity index (χ2n) is 7.65. The highest BCUT2D eigenvalue weighted by atomic mass is 16.2. The number of rotatable bonds is 7. The average molecular weight is 422 g/mol. The molecule has 162 valence electrons. The number of para-hydroxylation sites is 2. The topological polar surface area (TPSA) is 107 Å². The van der Waals surface area contributed by atoms with Gasteiger partial charge in [0.05, 0.1) is 30.0 Å². The van der Waals surface area contributed by atoms with Crippen molar-refractivity contribution in [2.75, 3.05) is 18.9 Å². The van der Waals surface area contributed by atoms with Crippen LogP contribution >= 0.6 is 0 Å². The van der Waals surface area contributed by atoms with Crippen LogP contribution in [0.2, 0.25) is 0 Å². The summed E-state index contributed by atoms with van der Waals surface area (Å²) in [5, 5.41) is 6.03. The number of benzene rings is 2. The van der Waals surface area contributed by atoms with Gasteiger partial charge in [0.15, 0.2) is 0 Å². The van der Waals surface area contributed by atoms with Crippen molar-refractivity contribution in [3.8, 4) is 0 Å². The molecular weight excluding hydrogens is 394 g/mol. The summed E-state index contributed by atoms with van der Waals surface area (Å²) in [6.07, 6.45) is 0. The maximum absolute atomic E-state index is 12.5. The fourth-order valence-corrected chi connectivity index (χ4v) is 3.29. The van der Waals surface area contributed by atoms with Crippen molar-refractivity contribution in [3.63, 3.8) is 0 Å². The SMILES string of the molecule is Cc1cccc(C)c1NC(=O)CNC(=O)[C@H](C)N(C)Cc1nc2ccccc2c(=O)[nH]1. The van der Waals surface area contributed by atoms with E-state index < -0.39 is 6.04 Å². The number of carbonyl (C=O) groups excluding carboxylic acids is 2. The Hall–Kier alpha value is -3.52. The summed E-state index contributed by atoms with van der Waals surface area (Å²) in [6, 6.07) is 12.3. The van der Waals surface area contributed by atoms with Crippen LogP contribution in [0.25, 0.3) is 10.9 Å². The molecule has 0 aliphatic rings. The Morgan fingerprint density at radius 2 is 1.77 bits per heavy atom. The van der Waals surface area contributed by atoms with Gasteiger partial charge in [-0.05, 0) is 51.1 Å². The van der Waals surface area contributed by atoms with E-state index in [1.165, 1.54) is 0 Å². The molecule has 3 N–H and O–H groups in total. The fourth-order valence-electron chi connectivity index (χ4n) is 3.29. The van der Waals surface area contributed by atoms with E-state index in [2.05, 4.69) is 20.6 Å². The molecule has 0 bridgehead atoms. The highest BCUT2D eigenvalue weighted by Crippen LogP contribution is 2.19. The number of nitrogens with one attached hydrogen (secondary N) is 3. The van der Waals surface area contributed by atoms with Gasteiger partial charge < -0.3 is 15.6 Å². The van der Waals surface area contributed by atoms with Crippen molar-refractivity contribution in [1.82, 2.24) is 20.2 Å². The summed E-state index contributed by atoms with van der Waals surface area (Å²) in [5.74, 6) is -0.109. The number of carbonyl (C=O) groups is 2. The molecule has 0 saturated heterocycles. The Morgan fingerprint density at radius 3 is 2.48 bits per heavy atom. The third-order valence-electron chi connectivity index (χ3n) is 5.27. The number of hydrogen-bond acceptors (Lipinski definition) is 5.